The van der Waals surface area contributed by atoms with Gasteiger partial charge in [0.05, 0.1) is 0 Å². The van der Waals surface area contributed by atoms with E-state index >= 15 is 0 Å². The van der Waals surface area contributed by atoms with Crippen molar-refractivity contribution < 1.29 is 18.8 Å². The largest absolute Gasteiger partial charge is 0.378 e. The number of anilines is 2. The van der Waals surface area contributed by atoms with E-state index in [-0.39, 0.29) is 0 Å². The fraction of sp³-hybridized carbons (Fsp3) is 0.286. The number of benzene rings is 2. The number of carbonyl (C=O) groups excluding carboxylic acids is 1. The van der Waals surface area contributed by atoms with Crippen LogP contribution in [0, 0.1) is 0 Å². The summed E-state index contributed by atoms with van der Waals surface area (Å²) < 4.78 is 21.2. The third kappa shape index (κ3) is 6.27. The molecule has 1 unspecified atom stereocenters. The molecule has 0 spiro atoms. The second-order valence-electron chi connectivity index (χ2n) is 7.08. The van der Waals surface area contributed by atoms with Gasteiger partial charge in [0.2, 0.25) is 11.7 Å². The van der Waals surface area contributed by atoms with E-state index < -0.39 is 18.2 Å². The first kappa shape index (κ1) is 22.7. The highest BCUT2D eigenvalue weighted by atomic mass is 32.2. The molecule has 2 aromatic carbocycles. The van der Waals surface area contributed by atoms with Gasteiger partial charge in [-0.1, -0.05) is 23.4 Å². The Morgan fingerprint density at radius 2 is 2.03 bits per heavy atom. The fourth-order valence-corrected chi connectivity index (χ4v) is 3.23. The molecule has 0 saturated heterocycles. The Balaban J connectivity index is 1.63. The predicted molar refractivity (Wildman–Crippen MR) is 118 cm³/mol. The Bertz CT molecular complexity index is 1030. The van der Waals surface area contributed by atoms with Crippen LogP contribution in [0.1, 0.15) is 19.2 Å². The standard InChI is InChI=1S/C21H24FN5O3S/c1-21(29,13-22)20(28)24-15-6-3-7-16(12-15)27-31-17-8-2-5-14(11-17)19-25-18(30-26-19)9-4-10-23/h2-3,5-8,11-12,27,29H,4,9-10,13,23H2,1H3,(H,24,28). The van der Waals surface area contributed by atoms with E-state index in [1.807, 2.05) is 30.3 Å². The van der Waals surface area contributed by atoms with Crippen LogP contribution in [0.4, 0.5) is 15.8 Å². The summed E-state index contributed by atoms with van der Waals surface area (Å²) in [7, 11) is 0. The lowest BCUT2D eigenvalue weighted by Crippen LogP contribution is -2.41. The molecule has 5 N–H and O–H groups in total. The number of halogens is 1. The molecule has 0 bridgehead atoms. The zero-order chi connectivity index (χ0) is 22.3. The van der Waals surface area contributed by atoms with Gasteiger partial charge in [-0.15, -0.1) is 0 Å². The van der Waals surface area contributed by atoms with Gasteiger partial charge in [-0.25, -0.2) is 4.39 Å². The minimum atomic E-state index is -2.07. The number of aliphatic hydroxyl groups is 1. The van der Waals surface area contributed by atoms with E-state index in [0.29, 0.717) is 30.4 Å². The molecule has 1 heterocycles. The van der Waals surface area contributed by atoms with Gasteiger partial charge in [-0.2, -0.15) is 4.98 Å². The van der Waals surface area contributed by atoms with Crippen molar-refractivity contribution in [2.45, 2.75) is 30.3 Å². The zero-order valence-corrected chi connectivity index (χ0v) is 17.8. The monoisotopic (exact) mass is 445 g/mol. The topological polar surface area (TPSA) is 126 Å². The number of aryl methyl sites for hydroxylation is 1. The molecular formula is C21H24FN5O3S. The van der Waals surface area contributed by atoms with Crippen molar-refractivity contribution in [3.05, 3.63) is 54.4 Å². The number of nitrogens with one attached hydrogen (secondary N) is 2. The maximum absolute atomic E-state index is 12.8. The highest BCUT2D eigenvalue weighted by Crippen LogP contribution is 2.27. The van der Waals surface area contributed by atoms with E-state index in [1.165, 1.54) is 11.9 Å². The first-order chi connectivity index (χ1) is 14.9. The van der Waals surface area contributed by atoms with E-state index in [0.717, 1.165) is 29.5 Å². The Morgan fingerprint density at radius 3 is 2.81 bits per heavy atom. The van der Waals surface area contributed by atoms with E-state index in [2.05, 4.69) is 20.2 Å². The summed E-state index contributed by atoms with van der Waals surface area (Å²) in [5.41, 5.74) is 5.42. The van der Waals surface area contributed by atoms with Crippen LogP contribution in [-0.2, 0) is 11.2 Å². The summed E-state index contributed by atoms with van der Waals surface area (Å²) in [6, 6.07) is 14.6. The number of nitrogens with zero attached hydrogens (tertiary/aromatic N) is 2. The summed E-state index contributed by atoms with van der Waals surface area (Å²) in [6.45, 7) is 0.519. The van der Waals surface area contributed by atoms with Crippen molar-refractivity contribution in [2.75, 3.05) is 23.3 Å². The van der Waals surface area contributed by atoms with Crippen LogP contribution >= 0.6 is 11.9 Å². The molecule has 0 saturated carbocycles. The lowest BCUT2D eigenvalue weighted by molar-refractivity contribution is -0.133. The predicted octanol–water partition coefficient (Wildman–Crippen LogP) is 3.41. The number of carbonyl (C=O) groups is 1. The number of amides is 1. The SMILES string of the molecule is CC(O)(CF)C(=O)Nc1cccc(NSc2cccc(-c3noc(CCCN)n3)c2)c1. The molecule has 0 fully saturated rings. The van der Waals surface area contributed by atoms with Crippen LogP contribution in [0.15, 0.2) is 57.9 Å². The molecule has 3 rings (SSSR count). The van der Waals surface area contributed by atoms with Crippen molar-refractivity contribution in [3.8, 4) is 11.4 Å². The number of hydrogen-bond donors (Lipinski definition) is 4. The number of alkyl halides is 1. The molecule has 1 atom stereocenters. The Morgan fingerprint density at radius 1 is 1.26 bits per heavy atom. The van der Waals surface area contributed by atoms with E-state index in [4.69, 9.17) is 10.3 Å². The van der Waals surface area contributed by atoms with Gasteiger partial charge in [0.25, 0.3) is 5.91 Å². The maximum atomic E-state index is 12.8. The van der Waals surface area contributed by atoms with Gasteiger partial charge in [0.1, 0.15) is 6.67 Å². The molecular weight excluding hydrogens is 421 g/mol. The molecule has 164 valence electrons. The van der Waals surface area contributed by atoms with Gasteiger partial charge >= 0.3 is 0 Å². The number of aromatic nitrogens is 2. The van der Waals surface area contributed by atoms with Crippen LogP contribution in [0.25, 0.3) is 11.4 Å². The minimum absolute atomic E-state index is 0.440. The average molecular weight is 446 g/mol. The van der Waals surface area contributed by atoms with E-state index in [1.54, 1.807) is 18.2 Å². The summed E-state index contributed by atoms with van der Waals surface area (Å²) in [5, 5.41) is 16.2. The molecule has 0 aliphatic heterocycles. The smallest absolute Gasteiger partial charge is 0.258 e. The molecule has 8 nitrogen and oxygen atoms in total. The van der Waals surface area contributed by atoms with Gasteiger partial charge in [-0.3, -0.25) is 4.79 Å². The van der Waals surface area contributed by atoms with E-state index in [9.17, 15) is 14.3 Å². The second kappa shape index (κ2) is 10.4. The molecule has 0 aliphatic carbocycles. The first-order valence-corrected chi connectivity index (χ1v) is 10.5. The lowest BCUT2D eigenvalue weighted by atomic mass is 10.1. The maximum Gasteiger partial charge on any atom is 0.258 e. The zero-order valence-electron chi connectivity index (χ0n) is 17.0. The number of rotatable bonds is 10. The van der Waals surface area contributed by atoms with Crippen LogP contribution in [0.5, 0.6) is 0 Å². The van der Waals surface area contributed by atoms with Crippen LogP contribution in [0.3, 0.4) is 0 Å². The lowest BCUT2D eigenvalue weighted by Gasteiger charge is -2.18. The van der Waals surface area contributed by atoms with Crippen LogP contribution in [-0.4, -0.2) is 40.0 Å². The molecule has 0 radical (unpaired) electrons. The fourth-order valence-electron chi connectivity index (χ4n) is 2.53. The normalized spacial score (nSPS) is 12.9. The Labute approximate surface area is 183 Å². The van der Waals surface area contributed by atoms with Crippen LogP contribution < -0.4 is 15.8 Å². The van der Waals surface area contributed by atoms with Crippen molar-refractivity contribution >= 4 is 29.2 Å². The summed E-state index contributed by atoms with van der Waals surface area (Å²) in [5.74, 6) is 0.264. The second-order valence-corrected chi connectivity index (χ2v) is 7.96. The van der Waals surface area contributed by atoms with Crippen molar-refractivity contribution in [2.24, 2.45) is 5.73 Å². The third-order valence-electron chi connectivity index (χ3n) is 4.31. The van der Waals surface area contributed by atoms with Gasteiger partial charge in [0, 0.05) is 28.3 Å². The van der Waals surface area contributed by atoms with Crippen molar-refractivity contribution in [1.82, 2.24) is 10.1 Å². The molecule has 1 amide bonds. The molecule has 10 heteroatoms. The highest BCUT2D eigenvalue weighted by Gasteiger charge is 2.30. The molecule has 31 heavy (non-hydrogen) atoms. The minimum Gasteiger partial charge on any atom is -0.378 e. The quantitative estimate of drug-likeness (QED) is 0.350. The third-order valence-corrected chi connectivity index (χ3v) is 5.14. The average Bonchev–Trinajstić information content (AvgIpc) is 3.26. The van der Waals surface area contributed by atoms with Crippen molar-refractivity contribution in [1.29, 1.82) is 0 Å². The molecule has 1 aromatic heterocycles. The van der Waals surface area contributed by atoms with Crippen molar-refractivity contribution in [3.63, 3.8) is 0 Å². The number of hydrogen-bond acceptors (Lipinski definition) is 8. The highest BCUT2D eigenvalue weighted by molar-refractivity contribution is 8.00. The first-order valence-electron chi connectivity index (χ1n) is 9.67. The Hall–Kier alpha value is -2.95. The summed E-state index contributed by atoms with van der Waals surface area (Å²) >= 11 is 1.37. The van der Waals surface area contributed by atoms with Gasteiger partial charge < -0.3 is 25.4 Å². The van der Waals surface area contributed by atoms with Crippen LogP contribution in [0.2, 0.25) is 0 Å². The summed E-state index contributed by atoms with van der Waals surface area (Å²) in [4.78, 5) is 17.2. The summed E-state index contributed by atoms with van der Waals surface area (Å²) in [6.07, 6.45) is 1.43. The Kier molecular flexibility index (Phi) is 7.61. The van der Waals surface area contributed by atoms with Gasteiger partial charge in [0.15, 0.2) is 5.60 Å². The molecule has 3 aromatic rings. The molecule has 0 aliphatic rings. The number of nitrogens with two attached hydrogens (primary N) is 1. The van der Waals surface area contributed by atoms with Gasteiger partial charge in [-0.05, 0) is 62.2 Å².